The minimum atomic E-state index is -0.629. The van der Waals surface area contributed by atoms with E-state index in [9.17, 15) is 4.79 Å². The van der Waals surface area contributed by atoms with Gasteiger partial charge in [-0.15, -0.1) is 11.3 Å². The van der Waals surface area contributed by atoms with E-state index in [1.165, 1.54) is 0 Å². The summed E-state index contributed by atoms with van der Waals surface area (Å²) in [5.41, 5.74) is 2.16. The molecule has 0 radical (unpaired) electrons. The SMILES string of the molecule is CC(C)(C)OC(=O)[C@H](Cc1cc(Br)cs1)N=C(c1ccccc1)c1ccccc1. The second kappa shape index (κ2) is 9.51. The molecular weight excluding hydrogens is 446 g/mol. The highest BCUT2D eigenvalue weighted by molar-refractivity contribution is 9.10. The zero-order valence-electron chi connectivity index (χ0n) is 16.8. The number of carbonyl (C=O) groups excluding carboxylic acids is 1. The number of halogens is 1. The van der Waals surface area contributed by atoms with E-state index >= 15 is 0 Å². The molecule has 0 aliphatic carbocycles. The molecule has 29 heavy (non-hydrogen) atoms. The first kappa shape index (κ1) is 21.5. The van der Waals surface area contributed by atoms with Crippen LogP contribution in [0, 0.1) is 0 Å². The first-order chi connectivity index (χ1) is 13.8. The van der Waals surface area contributed by atoms with E-state index in [4.69, 9.17) is 9.73 Å². The molecule has 0 aliphatic rings. The molecule has 0 unspecified atom stereocenters. The van der Waals surface area contributed by atoms with E-state index in [1.54, 1.807) is 11.3 Å². The van der Waals surface area contributed by atoms with Crippen molar-refractivity contribution in [2.75, 3.05) is 0 Å². The predicted molar refractivity (Wildman–Crippen MR) is 124 cm³/mol. The molecule has 3 nitrogen and oxygen atoms in total. The molecule has 1 atom stereocenters. The molecule has 0 fully saturated rings. The summed E-state index contributed by atoms with van der Waals surface area (Å²) >= 11 is 5.10. The average molecular weight is 470 g/mol. The van der Waals surface area contributed by atoms with Crippen LogP contribution in [0.4, 0.5) is 0 Å². The molecule has 0 N–H and O–H groups in total. The Bertz CT molecular complexity index is 933. The third-order valence-corrected chi connectivity index (χ3v) is 5.79. The van der Waals surface area contributed by atoms with Crippen molar-refractivity contribution in [3.05, 3.63) is 92.6 Å². The Hall–Kier alpha value is -2.24. The zero-order chi connectivity index (χ0) is 20.9. The van der Waals surface area contributed by atoms with Crippen molar-refractivity contribution in [3.8, 4) is 0 Å². The van der Waals surface area contributed by atoms with Crippen molar-refractivity contribution in [2.24, 2.45) is 4.99 Å². The van der Waals surface area contributed by atoms with Crippen molar-refractivity contribution in [3.63, 3.8) is 0 Å². The molecular formula is C24H24BrNO2S. The molecule has 3 rings (SSSR count). The van der Waals surface area contributed by atoms with Crippen LogP contribution in [-0.4, -0.2) is 23.3 Å². The van der Waals surface area contributed by atoms with E-state index in [0.717, 1.165) is 26.2 Å². The minimum Gasteiger partial charge on any atom is -0.458 e. The first-order valence-corrected chi connectivity index (χ1v) is 11.1. The van der Waals surface area contributed by atoms with Gasteiger partial charge >= 0.3 is 5.97 Å². The molecule has 5 heteroatoms. The van der Waals surface area contributed by atoms with Crippen LogP contribution in [0.3, 0.4) is 0 Å². The number of benzene rings is 2. The number of rotatable bonds is 6. The highest BCUT2D eigenvalue weighted by Gasteiger charge is 2.26. The molecule has 0 bridgehead atoms. The van der Waals surface area contributed by atoms with E-state index in [2.05, 4.69) is 15.9 Å². The largest absolute Gasteiger partial charge is 0.458 e. The number of esters is 1. The van der Waals surface area contributed by atoms with Crippen molar-refractivity contribution in [1.29, 1.82) is 0 Å². The summed E-state index contributed by atoms with van der Waals surface area (Å²) in [6, 6.07) is 21.3. The Balaban J connectivity index is 2.04. The smallest absolute Gasteiger partial charge is 0.331 e. The Morgan fingerprint density at radius 1 is 1.03 bits per heavy atom. The number of hydrogen-bond acceptors (Lipinski definition) is 4. The van der Waals surface area contributed by atoms with E-state index in [-0.39, 0.29) is 5.97 Å². The lowest BCUT2D eigenvalue weighted by molar-refractivity contribution is -0.156. The van der Waals surface area contributed by atoms with Crippen LogP contribution >= 0.6 is 27.3 Å². The quantitative estimate of drug-likeness (QED) is 0.313. The van der Waals surface area contributed by atoms with Gasteiger partial charge in [-0.05, 0) is 42.8 Å². The van der Waals surface area contributed by atoms with Gasteiger partial charge in [0.15, 0.2) is 6.04 Å². The maximum Gasteiger partial charge on any atom is 0.331 e. The Labute approximate surface area is 184 Å². The van der Waals surface area contributed by atoms with Gasteiger partial charge in [-0.2, -0.15) is 0 Å². The van der Waals surface area contributed by atoms with Crippen molar-refractivity contribution < 1.29 is 9.53 Å². The van der Waals surface area contributed by atoms with Crippen LogP contribution in [0.25, 0.3) is 0 Å². The minimum absolute atomic E-state index is 0.314. The Kier molecular flexibility index (Phi) is 7.04. The Morgan fingerprint density at radius 3 is 2.03 bits per heavy atom. The number of carbonyl (C=O) groups is 1. The summed E-state index contributed by atoms with van der Waals surface area (Å²) in [5.74, 6) is -0.314. The highest BCUT2D eigenvalue weighted by atomic mass is 79.9. The standard InChI is InChI=1S/C24H24BrNO2S/c1-24(2,3)28-23(27)21(15-20-14-19(25)16-29-20)26-22(17-10-6-4-7-11-17)18-12-8-5-9-13-18/h4-14,16,21H,15H2,1-3H3/t21-/m0/s1. The number of ether oxygens (including phenoxy) is 1. The molecule has 2 aromatic carbocycles. The fourth-order valence-electron chi connectivity index (χ4n) is 2.87. The van der Waals surface area contributed by atoms with Crippen LogP contribution < -0.4 is 0 Å². The van der Waals surface area contributed by atoms with Gasteiger partial charge in [-0.3, -0.25) is 4.99 Å². The summed E-state index contributed by atoms with van der Waals surface area (Å²) in [5, 5.41) is 2.01. The molecule has 150 valence electrons. The number of hydrogen-bond donors (Lipinski definition) is 0. The summed E-state index contributed by atoms with van der Waals surface area (Å²) in [6.45, 7) is 5.63. The lowest BCUT2D eigenvalue weighted by Crippen LogP contribution is -2.33. The van der Waals surface area contributed by atoms with Crippen molar-refractivity contribution >= 4 is 38.9 Å². The summed E-state index contributed by atoms with van der Waals surface area (Å²) in [6.07, 6.45) is 0.494. The van der Waals surface area contributed by atoms with Crippen LogP contribution in [0.1, 0.15) is 36.8 Å². The zero-order valence-corrected chi connectivity index (χ0v) is 19.2. The molecule has 1 heterocycles. The van der Waals surface area contributed by atoms with Gasteiger partial charge in [0, 0.05) is 32.3 Å². The summed E-state index contributed by atoms with van der Waals surface area (Å²) in [4.78, 5) is 19.1. The third kappa shape index (κ3) is 6.38. The van der Waals surface area contributed by atoms with Crippen LogP contribution in [0.5, 0.6) is 0 Å². The number of thiophene rings is 1. The van der Waals surface area contributed by atoms with E-state index < -0.39 is 11.6 Å². The first-order valence-electron chi connectivity index (χ1n) is 9.46. The molecule has 0 spiro atoms. The van der Waals surface area contributed by atoms with Gasteiger partial charge in [0.25, 0.3) is 0 Å². The highest BCUT2D eigenvalue weighted by Crippen LogP contribution is 2.24. The normalized spacial score (nSPS) is 12.3. The molecule has 0 saturated carbocycles. The second-order valence-corrected chi connectivity index (χ2v) is 9.61. The van der Waals surface area contributed by atoms with Crippen LogP contribution in [0.2, 0.25) is 0 Å². The van der Waals surface area contributed by atoms with Gasteiger partial charge in [0.1, 0.15) is 5.60 Å². The maximum atomic E-state index is 13.0. The molecule has 1 aromatic heterocycles. The molecule has 3 aromatic rings. The predicted octanol–water partition coefficient (Wildman–Crippen LogP) is 6.30. The fourth-order valence-corrected chi connectivity index (χ4v) is 4.36. The van der Waals surface area contributed by atoms with E-state index in [0.29, 0.717) is 6.42 Å². The molecule has 0 amide bonds. The maximum absolute atomic E-state index is 13.0. The van der Waals surface area contributed by atoms with Gasteiger partial charge < -0.3 is 4.74 Å². The number of aliphatic imine (C=N–C) groups is 1. The van der Waals surface area contributed by atoms with Crippen LogP contribution in [0.15, 0.2) is 81.6 Å². The van der Waals surface area contributed by atoms with Gasteiger partial charge in [0.05, 0.1) is 5.71 Å². The monoisotopic (exact) mass is 469 g/mol. The van der Waals surface area contributed by atoms with Crippen molar-refractivity contribution in [2.45, 2.75) is 38.8 Å². The molecule has 0 saturated heterocycles. The van der Waals surface area contributed by atoms with Gasteiger partial charge in [-0.1, -0.05) is 60.7 Å². The molecule has 0 aliphatic heterocycles. The Morgan fingerprint density at radius 2 is 1.59 bits per heavy atom. The van der Waals surface area contributed by atoms with Gasteiger partial charge in [0.2, 0.25) is 0 Å². The fraction of sp³-hybridized carbons (Fsp3) is 0.250. The number of nitrogens with zero attached hydrogens (tertiary/aromatic N) is 1. The lowest BCUT2D eigenvalue weighted by Gasteiger charge is -2.23. The lowest BCUT2D eigenvalue weighted by atomic mass is 10.0. The third-order valence-electron chi connectivity index (χ3n) is 4.07. The second-order valence-electron chi connectivity index (χ2n) is 7.69. The average Bonchev–Trinajstić information content (AvgIpc) is 3.10. The summed E-state index contributed by atoms with van der Waals surface area (Å²) < 4.78 is 6.71. The van der Waals surface area contributed by atoms with Gasteiger partial charge in [-0.25, -0.2) is 4.79 Å². The van der Waals surface area contributed by atoms with Crippen LogP contribution in [-0.2, 0) is 16.0 Å². The van der Waals surface area contributed by atoms with E-state index in [1.807, 2.05) is 92.9 Å². The van der Waals surface area contributed by atoms with Crippen molar-refractivity contribution in [1.82, 2.24) is 0 Å². The summed E-state index contributed by atoms with van der Waals surface area (Å²) in [7, 11) is 0. The topological polar surface area (TPSA) is 38.7 Å².